The smallest absolute Gasteiger partial charge is 0.269 e. The van der Waals surface area contributed by atoms with Crippen LogP contribution in [-0.4, -0.2) is 19.1 Å². The van der Waals surface area contributed by atoms with Crippen LogP contribution >= 0.6 is 0 Å². The van der Waals surface area contributed by atoms with Crippen molar-refractivity contribution in [3.8, 4) is 28.8 Å². The van der Waals surface area contributed by atoms with Crippen LogP contribution in [0.4, 0.5) is 0 Å². The molecule has 0 atom stereocenters. The van der Waals surface area contributed by atoms with E-state index >= 15 is 0 Å². The molecule has 0 aliphatic carbocycles. The Balaban J connectivity index is 0.00000595. The summed E-state index contributed by atoms with van der Waals surface area (Å²) in [7, 11) is 0. The molecular weight excluding hydrogens is 930 g/mol. The molecule has 8 aromatic rings. The molecule has 4 heterocycles. The first kappa shape index (κ1) is 41.3. The van der Waals surface area contributed by atoms with Crippen molar-refractivity contribution in [3.05, 3.63) is 144 Å². The van der Waals surface area contributed by atoms with Crippen molar-refractivity contribution in [2.75, 3.05) is 0 Å². The number of para-hydroxylation sites is 2. The molecule has 6 nitrogen and oxygen atoms in total. The molecule has 0 radical (unpaired) electrons. The Morgan fingerprint density at radius 2 is 1.31 bits per heavy atom. The Morgan fingerprint density at radius 3 is 1.98 bits per heavy atom. The summed E-state index contributed by atoms with van der Waals surface area (Å²) in [6.45, 7) is 26.1. The Morgan fingerprint density at radius 1 is 0.639 bits per heavy atom. The molecule has 0 spiro atoms. The van der Waals surface area contributed by atoms with Crippen molar-refractivity contribution in [1.82, 2.24) is 19.1 Å². The van der Waals surface area contributed by atoms with Crippen LogP contribution in [0, 0.1) is 34.7 Å². The third kappa shape index (κ3) is 9.86. The fourth-order valence-corrected chi connectivity index (χ4v) is 8.10. The average molecular weight is 991 g/mol. The van der Waals surface area contributed by atoms with Crippen molar-refractivity contribution in [1.29, 1.82) is 0 Å². The van der Waals surface area contributed by atoms with Gasteiger partial charge in [0.25, 0.3) is 6.33 Å². The zero-order chi connectivity index (χ0) is 44.6. The van der Waals surface area contributed by atoms with Crippen molar-refractivity contribution in [3.63, 3.8) is 0 Å². The molecule has 0 saturated carbocycles. The molecule has 318 valence electrons. The second-order valence-corrected chi connectivity index (χ2v) is 20.8. The standard InChI is InChI=1S/C54H59N5O.Pt/c1-51(2,3)32-36-17-20-45-44(28-36)43-19-18-41(30-48(43)59(45)50-29-39(21-23-56-50)54(10,11)12)60-42-22-24-55-49(31-42)58-35-57(46-15-13-14-16-47(46)58)40-26-37(33-52(4,5)6)25-38(27-40)34-53(7,8)9;/h13-29H,32-34H2,1-12H3;/q-2;/i32D2;. The molecule has 0 unspecified atom stereocenters. The van der Waals surface area contributed by atoms with Crippen molar-refractivity contribution < 1.29 is 33.1 Å². The molecule has 4 aromatic heterocycles. The zero-order valence-corrected chi connectivity index (χ0v) is 40.0. The zero-order valence-electron chi connectivity index (χ0n) is 39.7. The first-order valence-electron chi connectivity index (χ1n) is 22.1. The van der Waals surface area contributed by atoms with Crippen LogP contribution in [0.5, 0.6) is 11.5 Å². The van der Waals surface area contributed by atoms with E-state index in [-0.39, 0.29) is 37.3 Å². The van der Waals surface area contributed by atoms with E-state index in [9.17, 15) is 0 Å². The number of benzene rings is 4. The molecule has 0 saturated heterocycles. The SMILES string of the molecule is [2H]C([2H])(c1ccc2c(c1)c1ccc(Oc3[c-]c(-n4[c-][n+](-c5cc(CC(C)(C)C)cc(CC(C)(C)C)c5)c5ccccc54)ncc3)[c-]c1n2-c1cc(C(C)(C)C)ccn1)C(C)(C)C.[Pt]. The number of ether oxygens (including phenoxy) is 1. The number of hydrogen-bond donors (Lipinski definition) is 0. The largest absolute Gasteiger partial charge is 0.522 e. The van der Waals surface area contributed by atoms with E-state index in [0.29, 0.717) is 22.9 Å². The van der Waals surface area contributed by atoms with Crippen LogP contribution in [0.1, 0.15) is 108 Å². The predicted molar refractivity (Wildman–Crippen MR) is 246 cm³/mol. The van der Waals surface area contributed by atoms with Gasteiger partial charge in [-0.15, -0.1) is 17.5 Å². The molecular formula is C54H59N5OPt-2. The predicted octanol–water partition coefficient (Wildman–Crippen LogP) is 13.0. The maximum Gasteiger partial charge on any atom is 0.269 e. The Bertz CT molecular complexity index is 2940. The quantitative estimate of drug-likeness (QED) is 0.113. The molecule has 7 heteroatoms. The Labute approximate surface area is 380 Å². The Kier molecular flexibility index (Phi) is 11.1. The number of imidazole rings is 1. The van der Waals surface area contributed by atoms with E-state index in [1.165, 1.54) is 11.1 Å². The minimum Gasteiger partial charge on any atom is -0.522 e. The maximum atomic E-state index is 9.08. The molecule has 0 fully saturated rings. The van der Waals surface area contributed by atoms with Crippen LogP contribution in [-0.2, 0) is 45.7 Å². The molecule has 0 amide bonds. The van der Waals surface area contributed by atoms with Gasteiger partial charge < -0.3 is 9.30 Å². The van der Waals surface area contributed by atoms with E-state index < -0.39 is 11.8 Å². The topological polar surface area (TPSA) is 48.8 Å². The molecule has 0 bridgehead atoms. The molecule has 0 N–H and O–H groups in total. The number of aromatic nitrogens is 5. The van der Waals surface area contributed by atoms with Gasteiger partial charge in [-0.05, 0) is 93.5 Å². The van der Waals surface area contributed by atoms with Gasteiger partial charge in [-0.1, -0.05) is 148 Å². The first-order chi connectivity index (χ1) is 28.9. The molecule has 0 aliphatic rings. The monoisotopic (exact) mass is 990 g/mol. The first-order valence-corrected chi connectivity index (χ1v) is 21.1. The second-order valence-electron chi connectivity index (χ2n) is 20.8. The number of rotatable bonds is 8. The minimum atomic E-state index is -1.56. The van der Waals surface area contributed by atoms with Crippen LogP contribution in [0.15, 0.2) is 103 Å². The van der Waals surface area contributed by atoms with Gasteiger partial charge in [-0.3, -0.25) is 14.1 Å². The molecule has 61 heavy (non-hydrogen) atoms. The fourth-order valence-electron chi connectivity index (χ4n) is 8.10. The van der Waals surface area contributed by atoms with Gasteiger partial charge in [-0.25, -0.2) is 4.98 Å². The van der Waals surface area contributed by atoms with Gasteiger partial charge in [0, 0.05) is 41.3 Å². The second kappa shape index (κ2) is 16.3. The summed E-state index contributed by atoms with van der Waals surface area (Å²) < 4.78 is 30.9. The third-order valence-corrected chi connectivity index (χ3v) is 10.4. The number of pyridine rings is 2. The van der Waals surface area contributed by atoms with Crippen LogP contribution < -0.4 is 9.30 Å². The number of hydrogen-bond acceptors (Lipinski definition) is 3. The summed E-state index contributed by atoms with van der Waals surface area (Å²) in [5.41, 5.74) is 8.70. The molecule has 4 aromatic carbocycles. The average Bonchev–Trinajstić information content (AvgIpc) is 3.72. The van der Waals surface area contributed by atoms with Crippen LogP contribution in [0.2, 0.25) is 0 Å². The van der Waals surface area contributed by atoms with Gasteiger partial charge in [-0.2, -0.15) is 18.2 Å². The summed E-state index contributed by atoms with van der Waals surface area (Å²) in [6.07, 6.45) is 7.59. The van der Waals surface area contributed by atoms with E-state index in [0.717, 1.165) is 62.7 Å². The van der Waals surface area contributed by atoms with Gasteiger partial charge in [0.1, 0.15) is 5.82 Å². The molecule has 0 aliphatic heterocycles. The van der Waals surface area contributed by atoms with Gasteiger partial charge in [0.15, 0.2) is 0 Å². The summed E-state index contributed by atoms with van der Waals surface area (Å²) in [5, 5.41) is 1.85. The molecule has 8 rings (SSSR count). The summed E-state index contributed by atoms with van der Waals surface area (Å²) in [4.78, 5) is 9.64. The van der Waals surface area contributed by atoms with E-state index in [1.54, 1.807) is 12.3 Å². The van der Waals surface area contributed by atoms with Crippen LogP contribution in [0.25, 0.3) is 50.2 Å². The van der Waals surface area contributed by atoms with Crippen molar-refractivity contribution in [2.24, 2.45) is 16.2 Å². The normalized spacial score (nSPS) is 13.4. The summed E-state index contributed by atoms with van der Waals surface area (Å²) >= 11 is 0. The van der Waals surface area contributed by atoms with Gasteiger partial charge in [0.2, 0.25) is 0 Å². The van der Waals surface area contributed by atoms with Crippen molar-refractivity contribution in [2.45, 2.75) is 108 Å². The Hall–Kier alpha value is -5.06. The maximum absolute atomic E-state index is 9.08. The van der Waals surface area contributed by atoms with E-state index in [4.69, 9.17) is 17.4 Å². The summed E-state index contributed by atoms with van der Waals surface area (Å²) in [5.74, 6) is 2.30. The van der Waals surface area contributed by atoms with E-state index in [2.05, 4.69) is 138 Å². The van der Waals surface area contributed by atoms with E-state index in [1.807, 2.05) is 67.9 Å². The third-order valence-electron chi connectivity index (χ3n) is 10.4. The number of fused-ring (bicyclic) bond motifs is 4. The fraction of sp³-hybridized carbons (Fsp3) is 0.352. The van der Waals surface area contributed by atoms with Gasteiger partial charge in [0.05, 0.1) is 22.5 Å². The van der Waals surface area contributed by atoms with Gasteiger partial charge >= 0.3 is 0 Å². The van der Waals surface area contributed by atoms with Crippen LogP contribution in [0.3, 0.4) is 0 Å². The minimum absolute atomic E-state index is 0. The van der Waals surface area contributed by atoms with Crippen molar-refractivity contribution >= 4 is 32.8 Å². The summed E-state index contributed by atoms with van der Waals surface area (Å²) in [6, 6.07) is 38.1. The number of nitrogens with zero attached hydrogens (tertiary/aromatic N) is 5.